The predicted molar refractivity (Wildman–Crippen MR) is 103 cm³/mol. The van der Waals surface area contributed by atoms with Crippen molar-refractivity contribution in [1.29, 1.82) is 0 Å². The van der Waals surface area contributed by atoms with Crippen LogP contribution in [0.3, 0.4) is 0 Å². The fourth-order valence-corrected chi connectivity index (χ4v) is 4.75. The minimum Gasteiger partial charge on any atom is -0.351 e. The molecule has 0 spiro atoms. The molecule has 0 atom stereocenters. The Labute approximate surface area is 158 Å². The summed E-state index contributed by atoms with van der Waals surface area (Å²) >= 11 is 3.05. The van der Waals surface area contributed by atoms with E-state index in [2.05, 4.69) is 33.8 Å². The topological polar surface area (TPSA) is 79.6 Å². The third-order valence-corrected chi connectivity index (χ3v) is 6.24. The second-order valence-corrected chi connectivity index (χ2v) is 8.18. The van der Waals surface area contributed by atoms with Crippen LogP contribution in [0.1, 0.15) is 29.5 Å². The van der Waals surface area contributed by atoms with Crippen molar-refractivity contribution in [3.63, 3.8) is 0 Å². The minimum atomic E-state index is -0.185. The van der Waals surface area contributed by atoms with Gasteiger partial charge in [-0.15, -0.1) is 16.4 Å². The lowest BCUT2D eigenvalue weighted by Crippen LogP contribution is -2.38. The van der Waals surface area contributed by atoms with Crippen molar-refractivity contribution >= 4 is 38.7 Å². The molecule has 7 nitrogen and oxygen atoms in total. The number of hydrogen-bond donors (Lipinski definition) is 1. The lowest BCUT2D eigenvalue weighted by molar-refractivity contribution is -0.130. The predicted octanol–water partition coefficient (Wildman–Crippen LogP) is 2.16. The molecule has 9 heteroatoms. The molecule has 0 bridgehead atoms. The first kappa shape index (κ1) is 17.2. The lowest BCUT2D eigenvalue weighted by Gasteiger charge is -2.27. The van der Waals surface area contributed by atoms with E-state index in [-0.39, 0.29) is 18.0 Å². The van der Waals surface area contributed by atoms with Crippen LogP contribution in [0.25, 0.3) is 4.96 Å². The van der Waals surface area contributed by atoms with Crippen molar-refractivity contribution in [3.05, 3.63) is 44.0 Å². The average Bonchev–Trinajstić information content (AvgIpc) is 3.26. The second kappa shape index (κ2) is 7.16. The van der Waals surface area contributed by atoms with E-state index in [1.165, 1.54) is 32.4 Å². The number of nitrogens with one attached hydrogen (secondary N) is 1. The van der Waals surface area contributed by atoms with Crippen LogP contribution >= 0.6 is 22.7 Å². The summed E-state index contributed by atoms with van der Waals surface area (Å²) in [5, 5.41) is 9.90. The van der Waals surface area contributed by atoms with Gasteiger partial charge in [-0.05, 0) is 29.9 Å². The summed E-state index contributed by atoms with van der Waals surface area (Å²) in [5.74, 6) is 0.0353. The Morgan fingerprint density at radius 2 is 2.31 bits per heavy atom. The molecule has 1 N–H and O–H groups in total. The maximum Gasteiger partial charge on any atom is 0.275 e. The molecule has 4 heterocycles. The number of carbonyl (C=O) groups is 1. The first-order chi connectivity index (χ1) is 12.6. The SMILES string of the molecule is CCCc1cc(=O)n2nc(NCC(=O)N3CCc4sccc4C3)sc2n1. The smallest absolute Gasteiger partial charge is 0.275 e. The highest BCUT2D eigenvalue weighted by Gasteiger charge is 2.21. The monoisotopic (exact) mass is 389 g/mol. The molecular formula is C17H19N5O2S2. The fraction of sp³-hybridized carbons (Fsp3) is 0.412. The van der Waals surface area contributed by atoms with E-state index in [0.29, 0.717) is 16.6 Å². The van der Waals surface area contributed by atoms with Gasteiger partial charge >= 0.3 is 0 Å². The molecule has 0 saturated carbocycles. The molecule has 1 amide bonds. The molecule has 1 aliphatic rings. The number of aryl methyl sites for hydroxylation is 1. The summed E-state index contributed by atoms with van der Waals surface area (Å²) in [5.41, 5.74) is 1.84. The highest BCUT2D eigenvalue weighted by atomic mass is 32.1. The maximum atomic E-state index is 12.5. The van der Waals surface area contributed by atoms with Gasteiger partial charge < -0.3 is 10.2 Å². The van der Waals surface area contributed by atoms with E-state index < -0.39 is 0 Å². The Morgan fingerprint density at radius 1 is 1.42 bits per heavy atom. The standard InChI is InChI=1S/C17H19N5O2S2/c1-2-3-12-8-14(23)22-17(19-12)26-16(20-22)18-9-15(24)21-6-4-13-11(10-21)5-7-25-13/h5,7-8H,2-4,6,9-10H2,1H3,(H,18,20). The molecule has 0 fully saturated rings. The van der Waals surface area contributed by atoms with Gasteiger partial charge in [-0.3, -0.25) is 9.59 Å². The van der Waals surface area contributed by atoms with E-state index in [9.17, 15) is 9.59 Å². The average molecular weight is 390 g/mol. The van der Waals surface area contributed by atoms with E-state index in [0.717, 1.165) is 31.5 Å². The van der Waals surface area contributed by atoms with Gasteiger partial charge in [0.25, 0.3) is 5.56 Å². The number of hydrogen-bond acceptors (Lipinski definition) is 7. The molecule has 136 valence electrons. The quantitative estimate of drug-likeness (QED) is 0.723. The van der Waals surface area contributed by atoms with Crippen LogP contribution in [-0.4, -0.2) is 38.5 Å². The number of carbonyl (C=O) groups excluding carboxylic acids is 1. The largest absolute Gasteiger partial charge is 0.351 e. The van der Waals surface area contributed by atoms with Crippen LogP contribution in [0, 0.1) is 0 Å². The summed E-state index contributed by atoms with van der Waals surface area (Å²) in [7, 11) is 0. The Hall–Kier alpha value is -2.26. The molecule has 0 aliphatic carbocycles. The Morgan fingerprint density at radius 3 is 3.15 bits per heavy atom. The van der Waals surface area contributed by atoms with E-state index in [1.54, 1.807) is 11.3 Å². The molecule has 3 aromatic heterocycles. The van der Waals surface area contributed by atoms with Crippen molar-refractivity contribution in [1.82, 2.24) is 19.5 Å². The number of amides is 1. The van der Waals surface area contributed by atoms with E-state index in [1.807, 2.05) is 4.90 Å². The number of rotatable bonds is 5. The van der Waals surface area contributed by atoms with Crippen molar-refractivity contribution in [2.75, 3.05) is 18.4 Å². The van der Waals surface area contributed by atoms with Gasteiger partial charge in [0.15, 0.2) is 0 Å². The van der Waals surface area contributed by atoms with Crippen LogP contribution in [0.15, 0.2) is 22.3 Å². The zero-order chi connectivity index (χ0) is 18.1. The zero-order valence-corrected chi connectivity index (χ0v) is 16.0. The van der Waals surface area contributed by atoms with Gasteiger partial charge in [-0.25, -0.2) is 4.98 Å². The van der Waals surface area contributed by atoms with Crippen molar-refractivity contribution in [2.24, 2.45) is 0 Å². The summed E-state index contributed by atoms with van der Waals surface area (Å²) in [6.07, 6.45) is 2.62. The molecule has 0 aromatic carbocycles. The minimum absolute atomic E-state index is 0.0353. The summed E-state index contributed by atoms with van der Waals surface area (Å²) < 4.78 is 1.29. The van der Waals surface area contributed by atoms with Gasteiger partial charge in [0.1, 0.15) is 0 Å². The summed E-state index contributed by atoms with van der Waals surface area (Å²) in [4.78, 5) is 32.9. The highest BCUT2D eigenvalue weighted by Crippen LogP contribution is 2.24. The number of aromatic nitrogens is 3. The normalized spacial score (nSPS) is 13.8. The Bertz CT molecular complexity index is 1010. The molecule has 0 radical (unpaired) electrons. The van der Waals surface area contributed by atoms with Crippen molar-refractivity contribution in [2.45, 2.75) is 32.7 Å². The lowest BCUT2D eigenvalue weighted by atomic mass is 10.1. The highest BCUT2D eigenvalue weighted by molar-refractivity contribution is 7.20. The van der Waals surface area contributed by atoms with E-state index in [4.69, 9.17) is 0 Å². The van der Waals surface area contributed by atoms with Gasteiger partial charge in [-0.2, -0.15) is 4.52 Å². The number of anilines is 1. The zero-order valence-electron chi connectivity index (χ0n) is 14.4. The number of fused-ring (bicyclic) bond motifs is 2. The molecular weight excluding hydrogens is 370 g/mol. The van der Waals surface area contributed by atoms with Crippen LogP contribution in [0.2, 0.25) is 0 Å². The summed E-state index contributed by atoms with van der Waals surface area (Å²) in [6.45, 7) is 3.63. The summed E-state index contributed by atoms with van der Waals surface area (Å²) in [6, 6.07) is 3.61. The second-order valence-electron chi connectivity index (χ2n) is 6.23. The number of nitrogens with zero attached hydrogens (tertiary/aromatic N) is 4. The third kappa shape index (κ3) is 3.36. The van der Waals surface area contributed by atoms with Gasteiger partial charge in [0.2, 0.25) is 16.0 Å². The van der Waals surface area contributed by atoms with Crippen LogP contribution in [0.4, 0.5) is 5.13 Å². The first-order valence-electron chi connectivity index (χ1n) is 8.60. The van der Waals surface area contributed by atoms with Gasteiger partial charge in [0.05, 0.1) is 6.54 Å². The van der Waals surface area contributed by atoms with Gasteiger partial charge in [-0.1, -0.05) is 24.7 Å². The molecule has 26 heavy (non-hydrogen) atoms. The van der Waals surface area contributed by atoms with Crippen molar-refractivity contribution < 1.29 is 4.79 Å². The molecule has 4 rings (SSSR count). The molecule has 0 unspecified atom stereocenters. The van der Waals surface area contributed by atoms with Crippen molar-refractivity contribution in [3.8, 4) is 0 Å². The third-order valence-electron chi connectivity index (χ3n) is 4.36. The Kier molecular flexibility index (Phi) is 4.73. The molecule has 1 aliphatic heterocycles. The maximum absolute atomic E-state index is 12.5. The van der Waals surface area contributed by atoms with Crippen LogP contribution < -0.4 is 10.9 Å². The molecule has 3 aromatic rings. The number of thiophene rings is 1. The fourth-order valence-electron chi connectivity index (χ4n) is 3.04. The van der Waals surface area contributed by atoms with Crippen LogP contribution in [-0.2, 0) is 24.2 Å². The first-order valence-corrected chi connectivity index (χ1v) is 10.3. The van der Waals surface area contributed by atoms with E-state index >= 15 is 0 Å². The Balaban J connectivity index is 1.44. The molecule has 0 saturated heterocycles. The van der Waals surface area contributed by atoms with Crippen LogP contribution in [0.5, 0.6) is 0 Å². The van der Waals surface area contributed by atoms with Gasteiger partial charge in [0, 0.05) is 29.7 Å².